The smallest absolute Gasteiger partial charge is 0.169 e. The molecule has 0 saturated carbocycles. The molecule has 0 spiro atoms. The van der Waals surface area contributed by atoms with Crippen molar-refractivity contribution in [1.82, 2.24) is 15.1 Å². The molecule has 1 aromatic heterocycles. The lowest BCUT2D eigenvalue weighted by Gasteiger charge is -2.24. The minimum atomic E-state index is 0.173. The van der Waals surface area contributed by atoms with Gasteiger partial charge in [0.05, 0.1) is 11.7 Å². The van der Waals surface area contributed by atoms with Crippen LogP contribution in [0, 0.1) is 0 Å². The monoisotopic (exact) mass is 256 g/mol. The third-order valence-electron chi connectivity index (χ3n) is 2.94. The van der Waals surface area contributed by atoms with Gasteiger partial charge in [0, 0.05) is 6.08 Å². The van der Waals surface area contributed by atoms with Gasteiger partial charge in [-0.3, -0.25) is 4.68 Å². The zero-order valence-electron chi connectivity index (χ0n) is 9.49. The van der Waals surface area contributed by atoms with E-state index in [4.69, 9.17) is 28.8 Å². The second-order valence-electron chi connectivity index (χ2n) is 4.14. The Hall–Kier alpha value is -1.40. The molecule has 6 nitrogen and oxygen atoms in total. The van der Waals surface area contributed by atoms with Crippen molar-refractivity contribution in [2.45, 2.75) is 18.9 Å². The first-order valence-electron chi connectivity index (χ1n) is 5.56. The van der Waals surface area contributed by atoms with Crippen molar-refractivity contribution in [3.63, 3.8) is 0 Å². The summed E-state index contributed by atoms with van der Waals surface area (Å²) in [6.07, 6.45) is 3.58. The number of anilines is 2. The van der Waals surface area contributed by atoms with Crippen molar-refractivity contribution < 1.29 is 0 Å². The number of nitrogens with two attached hydrogens (primary N) is 3. The molecule has 1 fully saturated rings. The van der Waals surface area contributed by atoms with Crippen molar-refractivity contribution in [3.05, 3.63) is 10.9 Å². The molecule has 2 heterocycles. The molecular formula is C10H17ClN6. The highest BCUT2D eigenvalue weighted by molar-refractivity contribution is 6.31. The fourth-order valence-electron chi connectivity index (χ4n) is 2.08. The van der Waals surface area contributed by atoms with E-state index in [0.717, 1.165) is 25.9 Å². The summed E-state index contributed by atoms with van der Waals surface area (Å²) >= 11 is 5.69. The summed E-state index contributed by atoms with van der Waals surface area (Å²) in [7, 11) is 0. The number of aromatic nitrogens is 2. The molecule has 0 bridgehead atoms. The van der Waals surface area contributed by atoms with Crippen LogP contribution in [0.2, 0.25) is 0 Å². The van der Waals surface area contributed by atoms with E-state index in [9.17, 15) is 0 Å². The Kier molecular flexibility index (Phi) is 3.44. The van der Waals surface area contributed by atoms with Crippen LogP contribution < -0.4 is 22.5 Å². The van der Waals surface area contributed by atoms with E-state index in [0.29, 0.717) is 17.2 Å². The first-order valence-corrected chi connectivity index (χ1v) is 5.94. The maximum atomic E-state index is 5.88. The Morgan fingerprint density at radius 1 is 1.41 bits per heavy atom. The van der Waals surface area contributed by atoms with E-state index < -0.39 is 0 Å². The number of hydrogen-bond acceptors (Lipinski definition) is 5. The predicted molar refractivity (Wildman–Crippen MR) is 70.2 cm³/mol. The van der Waals surface area contributed by atoms with E-state index in [2.05, 4.69) is 10.4 Å². The molecule has 1 aliphatic heterocycles. The number of halogens is 1. The molecular weight excluding hydrogens is 240 g/mol. The fourth-order valence-corrected chi connectivity index (χ4v) is 2.19. The Morgan fingerprint density at radius 3 is 2.65 bits per heavy atom. The van der Waals surface area contributed by atoms with Crippen LogP contribution in [-0.2, 0) is 0 Å². The topological polar surface area (TPSA) is 108 Å². The van der Waals surface area contributed by atoms with Gasteiger partial charge in [-0.25, -0.2) is 0 Å². The third-order valence-corrected chi connectivity index (χ3v) is 3.05. The van der Waals surface area contributed by atoms with Crippen LogP contribution in [0.3, 0.4) is 0 Å². The first kappa shape index (κ1) is 12.1. The van der Waals surface area contributed by atoms with Gasteiger partial charge >= 0.3 is 0 Å². The number of nitrogen functional groups attached to an aromatic ring is 2. The zero-order chi connectivity index (χ0) is 12.4. The summed E-state index contributed by atoms with van der Waals surface area (Å²) in [5.41, 5.74) is 18.2. The minimum absolute atomic E-state index is 0.173. The Morgan fingerprint density at radius 2 is 2.06 bits per heavy atom. The van der Waals surface area contributed by atoms with Gasteiger partial charge in [0.25, 0.3) is 0 Å². The van der Waals surface area contributed by atoms with Gasteiger partial charge in [-0.1, -0.05) is 11.6 Å². The van der Waals surface area contributed by atoms with E-state index in [1.54, 1.807) is 6.08 Å². The molecule has 17 heavy (non-hydrogen) atoms. The number of hydrogen-bond donors (Lipinski definition) is 4. The third kappa shape index (κ3) is 2.48. The standard InChI is InChI=1S/C10H17ClN6/c11-8(12)5-7-9(13)10(14)16-17(7)6-1-3-15-4-2-6/h5-6,15H,1-4,12-13H2,(H2,14,16)/b8-5-. The van der Waals surface area contributed by atoms with Gasteiger partial charge in [0.1, 0.15) is 10.8 Å². The Bertz CT molecular complexity index is 428. The summed E-state index contributed by atoms with van der Waals surface area (Å²) < 4.78 is 1.83. The quantitative estimate of drug-likeness (QED) is 0.575. The number of nitrogens with zero attached hydrogens (tertiary/aromatic N) is 2. The molecule has 1 saturated heterocycles. The predicted octanol–water partition coefficient (Wildman–Crippen LogP) is 0.468. The van der Waals surface area contributed by atoms with Crippen LogP contribution in [0.1, 0.15) is 24.6 Å². The average Bonchev–Trinajstić information content (AvgIpc) is 2.58. The maximum Gasteiger partial charge on any atom is 0.169 e. The first-order chi connectivity index (χ1) is 8.09. The lowest BCUT2D eigenvalue weighted by molar-refractivity contribution is 0.342. The van der Waals surface area contributed by atoms with Crippen molar-refractivity contribution in [3.8, 4) is 0 Å². The molecule has 0 aromatic carbocycles. The van der Waals surface area contributed by atoms with Crippen LogP contribution in [0.25, 0.3) is 6.08 Å². The highest BCUT2D eigenvalue weighted by Gasteiger charge is 2.21. The van der Waals surface area contributed by atoms with Crippen LogP contribution in [-0.4, -0.2) is 22.9 Å². The van der Waals surface area contributed by atoms with Gasteiger partial charge in [-0.15, -0.1) is 0 Å². The van der Waals surface area contributed by atoms with Crippen molar-refractivity contribution in [2.75, 3.05) is 24.6 Å². The molecule has 7 heteroatoms. The fraction of sp³-hybridized carbons (Fsp3) is 0.500. The lowest BCUT2D eigenvalue weighted by atomic mass is 10.1. The largest absolute Gasteiger partial charge is 0.394 e. The molecule has 0 unspecified atom stereocenters. The maximum absolute atomic E-state index is 5.88. The number of piperidine rings is 1. The van der Waals surface area contributed by atoms with Gasteiger partial charge in [-0.05, 0) is 25.9 Å². The van der Waals surface area contributed by atoms with Crippen LogP contribution in [0.15, 0.2) is 5.16 Å². The van der Waals surface area contributed by atoms with E-state index in [-0.39, 0.29) is 11.2 Å². The van der Waals surface area contributed by atoms with Crippen molar-refractivity contribution >= 4 is 29.2 Å². The molecule has 7 N–H and O–H groups in total. The summed E-state index contributed by atoms with van der Waals surface area (Å²) in [6, 6.07) is 0.290. The number of nitrogens with one attached hydrogen (secondary N) is 1. The van der Waals surface area contributed by atoms with Crippen LogP contribution >= 0.6 is 11.6 Å². The Labute approximate surface area is 105 Å². The van der Waals surface area contributed by atoms with Gasteiger partial charge in [0.2, 0.25) is 0 Å². The van der Waals surface area contributed by atoms with Gasteiger partial charge in [0.15, 0.2) is 5.82 Å². The van der Waals surface area contributed by atoms with E-state index in [1.807, 2.05) is 4.68 Å². The lowest BCUT2D eigenvalue weighted by Crippen LogP contribution is -2.30. The normalized spacial score (nSPS) is 18.5. The molecule has 0 amide bonds. The molecule has 94 valence electrons. The molecule has 2 rings (SSSR count). The molecule has 1 aromatic rings. The Balaban J connectivity index is 2.38. The van der Waals surface area contributed by atoms with Gasteiger partial charge in [-0.2, -0.15) is 5.10 Å². The SMILES string of the molecule is N/C(Cl)=C\c1c(N)c(N)nn1C1CCNCC1. The minimum Gasteiger partial charge on any atom is -0.394 e. The van der Waals surface area contributed by atoms with Crippen molar-refractivity contribution in [2.24, 2.45) is 5.73 Å². The average molecular weight is 257 g/mol. The highest BCUT2D eigenvalue weighted by Crippen LogP contribution is 2.28. The second-order valence-corrected chi connectivity index (χ2v) is 4.58. The molecule has 0 atom stereocenters. The highest BCUT2D eigenvalue weighted by atomic mass is 35.5. The summed E-state index contributed by atoms with van der Waals surface area (Å²) in [4.78, 5) is 0. The second kappa shape index (κ2) is 4.85. The van der Waals surface area contributed by atoms with Crippen molar-refractivity contribution in [1.29, 1.82) is 0 Å². The van der Waals surface area contributed by atoms with Crippen LogP contribution in [0.5, 0.6) is 0 Å². The molecule has 0 aliphatic carbocycles. The van der Waals surface area contributed by atoms with E-state index in [1.165, 1.54) is 0 Å². The summed E-state index contributed by atoms with van der Waals surface area (Å²) in [5.74, 6) is 0.327. The molecule has 1 aliphatic rings. The number of rotatable bonds is 2. The van der Waals surface area contributed by atoms with E-state index >= 15 is 0 Å². The summed E-state index contributed by atoms with van der Waals surface area (Å²) in [5, 5.41) is 7.74. The summed E-state index contributed by atoms with van der Waals surface area (Å²) in [6.45, 7) is 1.92. The molecule has 0 radical (unpaired) electrons. The van der Waals surface area contributed by atoms with Gasteiger partial charge < -0.3 is 22.5 Å². The van der Waals surface area contributed by atoms with Crippen LogP contribution in [0.4, 0.5) is 11.5 Å². The zero-order valence-corrected chi connectivity index (χ0v) is 10.2.